The van der Waals surface area contributed by atoms with Gasteiger partial charge < -0.3 is 9.47 Å². The minimum atomic E-state index is -0.749. The zero-order valence-corrected chi connectivity index (χ0v) is 17.7. The van der Waals surface area contributed by atoms with Crippen LogP contribution in [0.5, 0.6) is 11.5 Å². The summed E-state index contributed by atoms with van der Waals surface area (Å²) in [5, 5.41) is 0. The lowest BCUT2D eigenvalue weighted by Gasteiger charge is -2.15. The first-order valence-electron chi connectivity index (χ1n) is 10.7. The van der Waals surface area contributed by atoms with Crippen LogP contribution in [0.15, 0.2) is 96.0 Å². The van der Waals surface area contributed by atoms with Gasteiger partial charge in [-0.1, -0.05) is 72.8 Å². The molecule has 1 aliphatic rings. The molecule has 164 valence electrons. The van der Waals surface area contributed by atoms with Gasteiger partial charge in [0.05, 0.1) is 0 Å². The average Bonchev–Trinajstić information content (AvgIpc) is 3.28. The summed E-state index contributed by atoms with van der Waals surface area (Å²) in [6.07, 6.45) is 1.70. The van der Waals surface area contributed by atoms with Gasteiger partial charge in [-0.05, 0) is 40.5 Å². The molecule has 1 heterocycles. The molecule has 0 spiro atoms. The van der Waals surface area contributed by atoms with Crippen LogP contribution in [0, 0.1) is 11.6 Å². The van der Waals surface area contributed by atoms with Crippen LogP contribution in [0.25, 0.3) is 0 Å². The SMILES string of the molecule is Fc1cc(C2N=Cc3c(OCc4ccccc4)cccc32)cc(F)c1OCc1ccccc1. The molecular formula is C28H21F2NO2. The largest absolute Gasteiger partial charge is 0.488 e. The Balaban J connectivity index is 1.36. The van der Waals surface area contributed by atoms with Crippen LogP contribution in [0.4, 0.5) is 8.78 Å². The van der Waals surface area contributed by atoms with E-state index in [1.165, 1.54) is 12.1 Å². The van der Waals surface area contributed by atoms with Gasteiger partial charge >= 0.3 is 0 Å². The van der Waals surface area contributed by atoms with E-state index < -0.39 is 17.7 Å². The first-order chi connectivity index (χ1) is 16.2. The predicted molar refractivity (Wildman–Crippen MR) is 124 cm³/mol. The first kappa shape index (κ1) is 20.9. The van der Waals surface area contributed by atoms with E-state index in [9.17, 15) is 8.78 Å². The summed E-state index contributed by atoms with van der Waals surface area (Å²) < 4.78 is 41.0. The molecule has 1 atom stereocenters. The normalized spacial score (nSPS) is 14.2. The molecule has 33 heavy (non-hydrogen) atoms. The highest BCUT2D eigenvalue weighted by molar-refractivity contribution is 5.89. The maximum absolute atomic E-state index is 14.8. The van der Waals surface area contributed by atoms with Crippen molar-refractivity contribution in [3.63, 3.8) is 0 Å². The average molecular weight is 441 g/mol. The number of halogens is 2. The molecule has 5 heteroatoms. The van der Waals surface area contributed by atoms with E-state index >= 15 is 0 Å². The van der Waals surface area contributed by atoms with Gasteiger partial charge in [0.15, 0.2) is 17.4 Å². The van der Waals surface area contributed by atoms with Crippen molar-refractivity contribution < 1.29 is 18.3 Å². The Morgan fingerprint density at radius 2 is 1.30 bits per heavy atom. The maximum atomic E-state index is 14.8. The number of ether oxygens (including phenoxy) is 2. The van der Waals surface area contributed by atoms with Crippen molar-refractivity contribution >= 4 is 6.21 Å². The third-order valence-electron chi connectivity index (χ3n) is 5.55. The third-order valence-corrected chi connectivity index (χ3v) is 5.55. The number of fused-ring (bicyclic) bond motifs is 1. The van der Waals surface area contributed by atoms with Crippen molar-refractivity contribution in [2.45, 2.75) is 19.3 Å². The van der Waals surface area contributed by atoms with Gasteiger partial charge in [0.1, 0.15) is 25.0 Å². The summed E-state index contributed by atoms with van der Waals surface area (Å²) in [6, 6.07) is 26.8. The lowest BCUT2D eigenvalue weighted by atomic mass is 9.97. The zero-order chi connectivity index (χ0) is 22.6. The molecule has 0 aromatic heterocycles. The molecule has 4 aromatic carbocycles. The summed E-state index contributed by atoms with van der Waals surface area (Å²) in [4.78, 5) is 4.52. The lowest BCUT2D eigenvalue weighted by Crippen LogP contribution is -2.04. The smallest absolute Gasteiger partial charge is 0.191 e. The number of rotatable bonds is 7. The van der Waals surface area contributed by atoms with Gasteiger partial charge in [-0.3, -0.25) is 4.99 Å². The van der Waals surface area contributed by atoms with Crippen LogP contribution < -0.4 is 9.47 Å². The molecule has 0 aliphatic carbocycles. The van der Waals surface area contributed by atoms with E-state index in [1.807, 2.05) is 78.9 Å². The Labute approximate surface area is 191 Å². The van der Waals surface area contributed by atoms with E-state index in [1.54, 1.807) is 6.21 Å². The highest BCUT2D eigenvalue weighted by atomic mass is 19.1. The Kier molecular flexibility index (Phi) is 5.85. The van der Waals surface area contributed by atoms with E-state index in [0.29, 0.717) is 17.9 Å². The molecule has 0 bridgehead atoms. The molecule has 1 aliphatic heterocycles. The van der Waals surface area contributed by atoms with Crippen LogP contribution >= 0.6 is 0 Å². The van der Waals surface area contributed by atoms with E-state index in [4.69, 9.17) is 9.47 Å². The Hall–Kier alpha value is -3.99. The maximum Gasteiger partial charge on any atom is 0.191 e. The third kappa shape index (κ3) is 4.48. The fourth-order valence-electron chi connectivity index (χ4n) is 3.90. The second kappa shape index (κ2) is 9.25. The van der Waals surface area contributed by atoms with Crippen molar-refractivity contribution in [3.05, 3.63) is 130 Å². The molecule has 0 amide bonds. The van der Waals surface area contributed by atoms with Crippen LogP contribution in [0.2, 0.25) is 0 Å². The molecule has 4 aromatic rings. The second-order valence-electron chi connectivity index (χ2n) is 7.80. The van der Waals surface area contributed by atoms with Gasteiger partial charge in [0.25, 0.3) is 0 Å². The number of hydrogen-bond acceptors (Lipinski definition) is 3. The van der Waals surface area contributed by atoms with Crippen LogP contribution in [0.1, 0.15) is 33.9 Å². The van der Waals surface area contributed by atoms with Gasteiger partial charge in [0, 0.05) is 11.8 Å². The van der Waals surface area contributed by atoms with Crippen LogP contribution in [0.3, 0.4) is 0 Å². The highest BCUT2D eigenvalue weighted by Crippen LogP contribution is 2.39. The molecule has 3 nitrogen and oxygen atoms in total. The Morgan fingerprint density at radius 3 is 1.94 bits per heavy atom. The zero-order valence-electron chi connectivity index (χ0n) is 17.7. The van der Waals surface area contributed by atoms with Crippen molar-refractivity contribution in [3.8, 4) is 11.5 Å². The summed E-state index contributed by atoms with van der Waals surface area (Å²) in [5.41, 5.74) is 3.97. The summed E-state index contributed by atoms with van der Waals surface area (Å²) in [5.74, 6) is -1.20. The fraction of sp³-hybridized carbons (Fsp3) is 0.107. The molecule has 0 saturated heterocycles. The van der Waals surface area contributed by atoms with E-state index in [2.05, 4.69) is 4.99 Å². The van der Waals surface area contributed by atoms with Crippen molar-refractivity contribution in [1.82, 2.24) is 0 Å². The number of hydrogen-bond donors (Lipinski definition) is 0. The summed E-state index contributed by atoms with van der Waals surface area (Å²) in [6.45, 7) is 0.507. The quantitative estimate of drug-likeness (QED) is 0.322. The standard InChI is InChI=1S/C28H21F2NO2/c29-24-14-21(15-25(30)28(24)33-18-20-10-5-2-6-11-20)27-22-12-7-13-26(23(22)16-31-27)32-17-19-8-3-1-4-9-19/h1-16,27H,17-18H2. The Morgan fingerprint density at radius 1 is 0.697 bits per heavy atom. The molecule has 0 N–H and O–H groups in total. The van der Waals surface area contributed by atoms with Crippen molar-refractivity contribution in [1.29, 1.82) is 0 Å². The van der Waals surface area contributed by atoms with E-state index in [0.717, 1.165) is 22.3 Å². The molecule has 0 radical (unpaired) electrons. The van der Waals surface area contributed by atoms with Gasteiger partial charge in [-0.2, -0.15) is 0 Å². The molecule has 0 saturated carbocycles. The predicted octanol–water partition coefficient (Wildman–Crippen LogP) is 6.64. The van der Waals surface area contributed by atoms with Gasteiger partial charge in [0.2, 0.25) is 0 Å². The Bertz CT molecular complexity index is 1270. The molecule has 5 rings (SSSR count). The molecule has 0 fully saturated rings. The minimum absolute atomic E-state index is 0.0839. The second-order valence-corrected chi connectivity index (χ2v) is 7.80. The molecule has 1 unspecified atom stereocenters. The van der Waals surface area contributed by atoms with Crippen molar-refractivity contribution in [2.75, 3.05) is 0 Å². The lowest BCUT2D eigenvalue weighted by molar-refractivity contribution is 0.273. The number of benzene rings is 4. The number of aliphatic imine (C=N–C) groups is 1. The minimum Gasteiger partial charge on any atom is -0.488 e. The summed E-state index contributed by atoms with van der Waals surface area (Å²) in [7, 11) is 0. The van der Waals surface area contributed by atoms with Crippen LogP contribution in [-0.4, -0.2) is 6.21 Å². The van der Waals surface area contributed by atoms with Gasteiger partial charge in [-0.15, -0.1) is 0 Å². The van der Waals surface area contributed by atoms with Crippen LogP contribution in [-0.2, 0) is 13.2 Å². The number of nitrogens with zero attached hydrogens (tertiary/aromatic N) is 1. The highest BCUT2D eigenvalue weighted by Gasteiger charge is 2.26. The first-order valence-corrected chi connectivity index (χ1v) is 10.7. The van der Waals surface area contributed by atoms with Crippen molar-refractivity contribution in [2.24, 2.45) is 4.99 Å². The molecular weight excluding hydrogens is 420 g/mol. The topological polar surface area (TPSA) is 30.8 Å². The van der Waals surface area contributed by atoms with Gasteiger partial charge in [-0.25, -0.2) is 8.78 Å². The monoisotopic (exact) mass is 441 g/mol. The summed E-state index contributed by atoms with van der Waals surface area (Å²) >= 11 is 0. The van der Waals surface area contributed by atoms with E-state index in [-0.39, 0.29) is 12.4 Å². The fourth-order valence-corrected chi connectivity index (χ4v) is 3.90.